The average molecular weight is 390 g/mol. The van der Waals surface area contributed by atoms with E-state index in [0.717, 1.165) is 21.7 Å². The van der Waals surface area contributed by atoms with Gasteiger partial charge in [0.1, 0.15) is 0 Å². The molecule has 0 saturated carbocycles. The molecule has 0 atom stereocenters. The van der Waals surface area contributed by atoms with Gasteiger partial charge in [-0.25, -0.2) is 8.42 Å². The number of nitrogens with zero attached hydrogens (tertiary/aromatic N) is 1. The molecule has 1 aliphatic heterocycles. The molecule has 7 nitrogen and oxygen atoms in total. The number of amides is 1. The Balaban J connectivity index is 1.73. The largest absolute Gasteiger partial charge is 0.454 e. The predicted molar refractivity (Wildman–Crippen MR) is 102 cm³/mol. The van der Waals surface area contributed by atoms with E-state index in [1.165, 1.54) is 0 Å². The lowest BCUT2D eigenvalue weighted by atomic mass is 10.1. The number of carbonyl (C=O) groups is 1. The van der Waals surface area contributed by atoms with Gasteiger partial charge in [-0.3, -0.25) is 4.79 Å². The summed E-state index contributed by atoms with van der Waals surface area (Å²) in [6.07, 6.45) is 1.09. The maximum absolute atomic E-state index is 12.4. The number of carbonyl (C=O) groups excluding carboxylic acids is 1. The number of nitrogens with one attached hydrogen (secondary N) is 1. The van der Waals surface area contributed by atoms with Crippen LogP contribution in [0.4, 0.5) is 5.69 Å². The standard InChI is InChI=1S/C19H22N2O5S/c1-13-4-5-14(2)16(8-13)20-19(22)11-21(27(3,23)24)10-15-6-7-17-18(9-15)26-12-25-17/h4-9H,10-12H2,1-3H3,(H,20,22). The molecule has 2 aromatic rings. The number of rotatable bonds is 6. The third-order valence-corrected chi connectivity index (χ3v) is 5.45. The zero-order valence-electron chi connectivity index (χ0n) is 15.5. The van der Waals surface area contributed by atoms with E-state index < -0.39 is 15.9 Å². The summed E-state index contributed by atoms with van der Waals surface area (Å²) < 4.78 is 36.0. The molecule has 1 amide bonds. The number of hydrogen-bond acceptors (Lipinski definition) is 5. The molecule has 1 N–H and O–H groups in total. The second kappa shape index (κ2) is 7.58. The fraction of sp³-hybridized carbons (Fsp3) is 0.316. The molecule has 3 rings (SSSR count). The first-order valence-electron chi connectivity index (χ1n) is 8.43. The summed E-state index contributed by atoms with van der Waals surface area (Å²) >= 11 is 0. The fourth-order valence-corrected chi connectivity index (χ4v) is 3.49. The van der Waals surface area contributed by atoms with Gasteiger partial charge in [0.25, 0.3) is 0 Å². The minimum atomic E-state index is -3.58. The van der Waals surface area contributed by atoms with Crippen molar-refractivity contribution in [3.63, 3.8) is 0 Å². The molecule has 0 spiro atoms. The monoisotopic (exact) mass is 390 g/mol. The van der Waals surface area contributed by atoms with E-state index in [2.05, 4.69) is 5.32 Å². The lowest BCUT2D eigenvalue weighted by molar-refractivity contribution is -0.116. The van der Waals surface area contributed by atoms with E-state index in [9.17, 15) is 13.2 Å². The molecule has 0 unspecified atom stereocenters. The number of fused-ring (bicyclic) bond motifs is 1. The molecule has 1 aliphatic rings. The van der Waals surface area contributed by atoms with Crippen LogP contribution < -0.4 is 14.8 Å². The first kappa shape index (κ1) is 19.2. The van der Waals surface area contributed by atoms with Gasteiger partial charge in [-0.2, -0.15) is 4.31 Å². The van der Waals surface area contributed by atoms with Crippen molar-refractivity contribution in [2.45, 2.75) is 20.4 Å². The maximum atomic E-state index is 12.4. The van der Waals surface area contributed by atoms with Crippen molar-refractivity contribution in [2.75, 3.05) is 24.9 Å². The van der Waals surface area contributed by atoms with Crippen LogP contribution in [0.1, 0.15) is 16.7 Å². The Morgan fingerprint density at radius 3 is 2.59 bits per heavy atom. The molecule has 0 bridgehead atoms. The Kier molecular flexibility index (Phi) is 5.38. The summed E-state index contributed by atoms with van der Waals surface area (Å²) in [4.78, 5) is 12.4. The van der Waals surface area contributed by atoms with Crippen LogP contribution in [-0.4, -0.2) is 38.2 Å². The number of hydrogen-bond donors (Lipinski definition) is 1. The van der Waals surface area contributed by atoms with Gasteiger partial charge in [0.2, 0.25) is 22.7 Å². The Morgan fingerprint density at radius 2 is 1.85 bits per heavy atom. The molecule has 1 heterocycles. The van der Waals surface area contributed by atoms with Crippen LogP contribution >= 0.6 is 0 Å². The van der Waals surface area contributed by atoms with Crippen molar-refractivity contribution in [3.05, 3.63) is 53.1 Å². The molecule has 0 saturated heterocycles. The van der Waals surface area contributed by atoms with Gasteiger partial charge in [0.15, 0.2) is 11.5 Å². The van der Waals surface area contributed by atoms with E-state index in [-0.39, 0.29) is 19.9 Å². The summed E-state index contributed by atoms with van der Waals surface area (Å²) in [5, 5.41) is 2.79. The van der Waals surface area contributed by atoms with Gasteiger partial charge in [-0.05, 0) is 48.7 Å². The van der Waals surface area contributed by atoms with E-state index >= 15 is 0 Å². The van der Waals surface area contributed by atoms with Gasteiger partial charge in [0.05, 0.1) is 12.8 Å². The lowest BCUT2D eigenvalue weighted by Gasteiger charge is -2.20. The Morgan fingerprint density at radius 1 is 1.11 bits per heavy atom. The van der Waals surface area contributed by atoms with E-state index in [1.54, 1.807) is 18.2 Å². The van der Waals surface area contributed by atoms with Crippen LogP contribution in [0, 0.1) is 13.8 Å². The summed E-state index contributed by atoms with van der Waals surface area (Å²) in [6, 6.07) is 10.9. The van der Waals surface area contributed by atoms with Gasteiger partial charge >= 0.3 is 0 Å². The lowest BCUT2D eigenvalue weighted by Crippen LogP contribution is -2.37. The highest BCUT2D eigenvalue weighted by Crippen LogP contribution is 2.33. The molecule has 144 valence electrons. The van der Waals surface area contributed by atoms with Crippen molar-refractivity contribution in [1.82, 2.24) is 4.31 Å². The second-order valence-corrected chi connectivity index (χ2v) is 8.57. The summed E-state index contributed by atoms with van der Waals surface area (Å²) in [5.74, 6) is 0.799. The van der Waals surface area contributed by atoms with Crippen LogP contribution in [0.2, 0.25) is 0 Å². The number of aryl methyl sites for hydroxylation is 2. The highest BCUT2D eigenvalue weighted by atomic mass is 32.2. The molecule has 8 heteroatoms. The van der Waals surface area contributed by atoms with Crippen molar-refractivity contribution >= 4 is 21.6 Å². The zero-order chi connectivity index (χ0) is 19.6. The normalized spacial score (nSPS) is 13.0. The molecule has 0 radical (unpaired) electrons. The predicted octanol–water partition coefficient (Wildman–Crippen LogP) is 2.43. The van der Waals surface area contributed by atoms with Crippen LogP contribution in [-0.2, 0) is 21.4 Å². The maximum Gasteiger partial charge on any atom is 0.239 e. The van der Waals surface area contributed by atoms with Gasteiger partial charge in [0, 0.05) is 12.2 Å². The Hall–Kier alpha value is -2.58. The molecule has 0 fully saturated rings. The Bertz CT molecular complexity index is 972. The molecule has 0 aromatic heterocycles. The highest BCUT2D eigenvalue weighted by Gasteiger charge is 2.22. The van der Waals surface area contributed by atoms with Crippen LogP contribution in [0.3, 0.4) is 0 Å². The van der Waals surface area contributed by atoms with Crippen molar-refractivity contribution in [1.29, 1.82) is 0 Å². The third-order valence-electron chi connectivity index (χ3n) is 4.25. The van der Waals surface area contributed by atoms with Crippen molar-refractivity contribution in [2.24, 2.45) is 0 Å². The first-order valence-corrected chi connectivity index (χ1v) is 10.3. The summed E-state index contributed by atoms with van der Waals surface area (Å²) in [7, 11) is -3.58. The van der Waals surface area contributed by atoms with Gasteiger partial charge in [-0.15, -0.1) is 0 Å². The average Bonchev–Trinajstić information content (AvgIpc) is 3.04. The fourth-order valence-electron chi connectivity index (χ4n) is 2.75. The SMILES string of the molecule is Cc1ccc(C)c(NC(=O)CN(Cc2ccc3c(c2)OCO3)S(C)(=O)=O)c1. The van der Waals surface area contributed by atoms with Crippen molar-refractivity contribution < 1.29 is 22.7 Å². The van der Waals surface area contributed by atoms with Crippen LogP contribution in [0.15, 0.2) is 36.4 Å². The number of anilines is 1. The molecule has 2 aromatic carbocycles. The van der Waals surface area contributed by atoms with Gasteiger partial charge in [-0.1, -0.05) is 18.2 Å². The first-order chi connectivity index (χ1) is 12.7. The number of benzene rings is 2. The minimum Gasteiger partial charge on any atom is -0.454 e. The quantitative estimate of drug-likeness (QED) is 0.819. The Labute approximate surface area is 158 Å². The van der Waals surface area contributed by atoms with E-state index in [1.807, 2.05) is 32.0 Å². The topological polar surface area (TPSA) is 84.9 Å². The second-order valence-electron chi connectivity index (χ2n) is 6.59. The molecule has 27 heavy (non-hydrogen) atoms. The minimum absolute atomic E-state index is 0.0652. The third kappa shape index (κ3) is 4.78. The molecular formula is C19H22N2O5S. The van der Waals surface area contributed by atoms with Crippen LogP contribution in [0.25, 0.3) is 0 Å². The van der Waals surface area contributed by atoms with E-state index in [4.69, 9.17) is 9.47 Å². The smallest absolute Gasteiger partial charge is 0.239 e. The molecule has 0 aliphatic carbocycles. The van der Waals surface area contributed by atoms with Crippen molar-refractivity contribution in [3.8, 4) is 11.5 Å². The van der Waals surface area contributed by atoms with Crippen LogP contribution in [0.5, 0.6) is 11.5 Å². The molecular weight excluding hydrogens is 368 g/mol. The number of sulfonamides is 1. The van der Waals surface area contributed by atoms with Gasteiger partial charge < -0.3 is 14.8 Å². The summed E-state index contributed by atoms with van der Waals surface area (Å²) in [5.41, 5.74) is 3.31. The number of ether oxygens (including phenoxy) is 2. The zero-order valence-corrected chi connectivity index (χ0v) is 16.3. The summed E-state index contributed by atoms with van der Waals surface area (Å²) in [6.45, 7) is 3.75. The highest BCUT2D eigenvalue weighted by molar-refractivity contribution is 7.88. The van der Waals surface area contributed by atoms with E-state index in [0.29, 0.717) is 22.7 Å².